The Morgan fingerprint density at radius 2 is 1.74 bits per heavy atom. The molecule has 0 unspecified atom stereocenters. The molecule has 2 aromatic heterocycles. The van der Waals surface area contributed by atoms with Gasteiger partial charge in [0.25, 0.3) is 0 Å². The van der Waals surface area contributed by atoms with Crippen LogP contribution in [0.25, 0.3) is 43.2 Å². The summed E-state index contributed by atoms with van der Waals surface area (Å²) in [5.41, 5.74) is 5.54. The SMILES string of the molecule is COc1ccc(-c2cc(-c3nc4cc(C)c(CC(=O)O)c(-c5ccc(Cl)cc5OC(C)(C)C)c4s3)cnn2)cc1OC. The van der Waals surface area contributed by atoms with Crippen LogP contribution in [-0.2, 0) is 11.2 Å². The van der Waals surface area contributed by atoms with E-state index in [2.05, 4.69) is 10.2 Å². The van der Waals surface area contributed by atoms with Crippen LogP contribution in [0.3, 0.4) is 0 Å². The van der Waals surface area contributed by atoms with Crippen molar-refractivity contribution >= 4 is 39.1 Å². The lowest BCUT2D eigenvalue weighted by Gasteiger charge is -2.24. The summed E-state index contributed by atoms with van der Waals surface area (Å²) in [6.07, 6.45) is 1.52. The van der Waals surface area contributed by atoms with E-state index in [1.807, 2.05) is 64.1 Å². The number of rotatable bonds is 8. The zero-order valence-electron chi connectivity index (χ0n) is 24.1. The minimum absolute atomic E-state index is 0.151. The van der Waals surface area contributed by atoms with E-state index in [-0.39, 0.29) is 6.42 Å². The molecule has 3 aromatic carbocycles. The first kappa shape index (κ1) is 29.3. The highest BCUT2D eigenvalue weighted by Crippen LogP contribution is 2.45. The summed E-state index contributed by atoms with van der Waals surface area (Å²) in [5.74, 6) is 0.858. The topological polar surface area (TPSA) is 104 Å². The maximum atomic E-state index is 12.0. The molecule has 5 aromatic rings. The van der Waals surface area contributed by atoms with Crippen molar-refractivity contribution in [1.82, 2.24) is 15.2 Å². The molecule has 0 aliphatic heterocycles. The summed E-state index contributed by atoms with van der Waals surface area (Å²) < 4.78 is 18.0. The highest BCUT2D eigenvalue weighted by atomic mass is 35.5. The van der Waals surface area contributed by atoms with Crippen molar-refractivity contribution < 1.29 is 24.1 Å². The van der Waals surface area contributed by atoms with E-state index in [0.29, 0.717) is 33.5 Å². The maximum Gasteiger partial charge on any atom is 0.307 e. The zero-order chi connectivity index (χ0) is 30.2. The predicted molar refractivity (Wildman–Crippen MR) is 166 cm³/mol. The van der Waals surface area contributed by atoms with Crippen LogP contribution < -0.4 is 14.2 Å². The molecule has 0 saturated carbocycles. The minimum Gasteiger partial charge on any atom is -0.493 e. The van der Waals surface area contributed by atoms with Crippen LogP contribution in [0.2, 0.25) is 5.02 Å². The molecule has 0 radical (unpaired) electrons. The molecule has 42 heavy (non-hydrogen) atoms. The fourth-order valence-corrected chi connectivity index (χ4v) is 6.03. The highest BCUT2D eigenvalue weighted by molar-refractivity contribution is 7.22. The summed E-state index contributed by atoms with van der Waals surface area (Å²) >= 11 is 7.85. The third-order valence-corrected chi connectivity index (χ3v) is 7.92. The quantitative estimate of drug-likeness (QED) is 0.191. The molecular formula is C32H30ClN3O5S. The lowest BCUT2D eigenvalue weighted by molar-refractivity contribution is -0.136. The fourth-order valence-electron chi connectivity index (χ4n) is 4.76. The molecule has 2 heterocycles. The molecule has 0 saturated heterocycles. The second-order valence-electron chi connectivity index (χ2n) is 10.7. The summed E-state index contributed by atoms with van der Waals surface area (Å²) in [4.78, 5) is 17.0. The number of ether oxygens (including phenoxy) is 3. The van der Waals surface area contributed by atoms with Gasteiger partial charge in [-0.3, -0.25) is 4.79 Å². The van der Waals surface area contributed by atoms with Crippen LogP contribution in [0.1, 0.15) is 31.9 Å². The van der Waals surface area contributed by atoms with Gasteiger partial charge in [0.1, 0.15) is 16.4 Å². The number of carboxylic acid groups (broad SMARTS) is 1. The third-order valence-electron chi connectivity index (χ3n) is 6.55. The molecule has 0 fully saturated rings. The van der Waals surface area contributed by atoms with E-state index in [9.17, 15) is 9.90 Å². The number of halogens is 1. The number of aryl methyl sites for hydroxylation is 1. The molecule has 0 aliphatic carbocycles. The van der Waals surface area contributed by atoms with Gasteiger partial charge in [-0.05, 0) is 87.4 Å². The van der Waals surface area contributed by atoms with E-state index in [1.54, 1.807) is 32.5 Å². The molecule has 1 N–H and O–H groups in total. The lowest BCUT2D eigenvalue weighted by atomic mass is 9.92. The summed E-state index contributed by atoms with van der Waals surface area (Å²) in [6.45, 7) is 7.78. The summed E-state index contributed by atoms with van der Waals surface area (Å²) in [5, 5.41) is 19.7. The molecule has 0 atom stereocenters. The van der Waals surface area contributed by atoms with Crippen molar-refractivity contribution in [2.45, 2.75) is 39.7 Å². The average molecular weight is 604 g/mol. The summed E-state index contributed by atoms with van der Waals surface area (Å²) in [6, 6.07) is 14.9. The van der Waals surface area contributed by atoms with E-state index in [4.69, 9.17) is 30.8 Å². The van der Waals surface area contributed by atoms with Crippen molar-refractivity contribution in [3.63, 3.8) is 0 Å². The first-order valence-corrected chi connectivity index (χ1v) is 14.4. The molecule has 216 valence electrons. The normalized spacial score (nSPS) is 11.5. The number of carbonyl (C=O) groups is 1. The Labute approximate surface area is 252 Å². The van der Waals surface area contributed by atoms with Gasteiger partial charge < -0.3 is 19.3 Å². The molecule has 5 rings (SSSR count). The minimum atomic E-state index is -0.923. The molecule has 0 aliphatic rings. The van der Waals surface area contributed by atoms with Crippen LogP contribution >= 0.6 is 22.9 Å². The molecule has 8 nitrogen and oxygen atoms in total. The first-order chi connectivity index (χ1) is 20.0. The van der Waals surface area contributed by atoms with Gasteiger partial charge in [-0.25, -0.2) is 4.98 Å². The van der Waals surface area contributed by atoms with E-state index in [1.165, 1.54) is 11.3 Å². The van der Waals surface area contributed by atoms with Crippen molar-refractivity contribution in [1.29, 1.82) is 0 Å². The van der Waals surface area contributed by atoms with Gasteiger partial charge in [0.2, 0.25) is 0 Å². The smallest absolute Gasteiger partial charge is 0.307 e. The van der Waals surface area contributed by atoms with Gasteiger partial charge in [-0.2, -0.15) is 10.2 Å². The van der Waals surface area contributed by atoms with Crippen LogP contribution in [0.15, 0.2) is 54.7 Å². The van der Waals surface area contributed by atoms with E-state index < -0.39 is 11.6 Å². The van der Waals surface area contributed by atoms with Crippen molar-refractivity contribution in [3.05, 3.63) is 70.9 Å². The number of benzene rings is 3. The Hall–Kier alpha value is -4.21. The number of carboxylic acids is 1. The Kier molecular flexibility index (Phi) is 8.08. The van der Waals surface area contributed by atoms with Gasteiger partial charge in [-0.1, -0.05) is 11.6 Å². The van der Waals surface area contributed by atoms with Crippen LogP contribution in [0.4, 0.5) is 0 Å². The number of fused-ring (bicyclic) bond motifs is 1. The van der Waals surface area contributed by atoms with Crippen molar-refractivity contribution in [3.8, 4) is 50.2 Å². The van der Waals surface area contributed by atoms with Crippen molar-refractivity contribution in [2.75, 3.05) is 14.2 Å². The van der Waals surface area contributed by atoms with Gasteiger partial charge in [0.15, 0.2) is 11.5 Å². The standard InChI is InChI=1S/C32H30ClN3O5S/c1-17-11-24-30(29(22(17)15-28(37)38)21-9-8-20(33)14-26(21)41-32(2,3)4)42-31(35-24)19-12-23(36-34-16-19)18-7-10-25(39-5)27(13-18)40-6/h7-14,16H,15H2,1-6H3,(H,37,38). The van der Waals surface area contributed by atoms with Crippen LogP contribution in [0, 0.1) is 6.92 Å². The number of aromatic nitrogens is 3. The molecule has 0 bridgehead atoms. The van der Waals surface area contributed by atoms with Gasteiger partial charge >= 0.3 is 5.97 Å². The Morgan fingerprint density at radius 1 is 0.976 bits per heavy atom. The third kappa shape index (κ3) is 6.03. The predicted octanol–water partition coefficient (Wildman–Crippen LogP) is 7.87. The Morgan fingerprint density at radius 3 is 2.43 bits per heavy atom. The van der Waals surface area contributed by atoms with Crippen LogP contribution in [0.5, 0.6) is 17.2 Å². The maximum absolute atomic E-state index is 12.0. The number of aliphatic carboxylic acids is 1. The second-order valence-corrected chi connectivity index (χ2v) is 12.2. The van der Waals surface area contributed by atoms with Crippen molar-refractivity contribution in [2.24, 2.45) is 0 Å². The van der Waals surface area contributed by atoms with E-state index >= 15 is 0 Å². The first-order valence-electron chi connectivity index (χ1n) is 13.2. The Balaban J connectivity index is 1.70. The molecular weight excluding hydrogens is 574 g/mol. The zero-order valence-corrected chi connectivity index (χ0v) is 25.7. The highest BCUT2D eigenvalue weighted by Gasteiger charge is 2.24. The summed E-state index contributed by atoms with van der Waals surface area (Å²) in [7, 11) is 3.17. The second kappa shape index (κ2) is 11.6. The molecule has 10 heteroatoms. The number of hydrogen-bond acceptors (Lipinski definition) is 8. The van der Waals surface area contributed by atoms with Gasteiger partial charge in [-0.15, -0.1) is 11.3 Å². The lowest BCUT2D eigenvalue weighted by Crippen LogP contribution is -2.23. The molecule has 0 amide bonds. The molecule has 0 spiro atoms. The van der Waals surface area contributed by atoms with E-state index in [0.717, 1.165) is 43.0 Å². The number of hydrogen-bond donors (Lipinski definition) is 1. The van der Waals surface area contributed by atoms with Gasteiger partial charge in [0.05, 0.1) is 42.7 Å². The Bertz CT molecular complexity index is 1810. The fraction of sp³-hybridized carbons (Fsp3) is 0.250. The average Bonchev–Trinajstić information content (AvgIpc) is 3.36. The number of methoxy groups -OCH3 is 2. The van der Waals surface area contributed by atoms with Gasteiger partial charge in [0, 0.05) is 27.3 Å². The monoisotopic (exact) mass is 603 g/mol. The largest absolute Gasteiger partial charge is 0.493 e. The number of thiazole rings is 1. The number of nitrogens with zero attached hydrogens (tertiary/aromatic N) is 3. The van der Waals surface area contributed by atoms with Crippen LogP contribution in [-0.4, -0.2) is 46.1 Å².